The molecule has 0 radical (unpaired) electrons. The van der Waals surface area contributed by atoms with E-state index in [1.165, 1.54) is 16.2 Å². The maximum absolute atomic E-state index is 12.2. The minimum Gasteiger partial charge on any atom is -0.495 e. The van der Waals surface area contributed by atoms with Gasteiger partial charge in [-0.25, -0.2) is 0 Å². The molecule has 2 aromatic rings. The molecular formula is C15H17ClN2O3. The largest absolute Gasteiger partial charge is 0.495 e. The van der Waals surface area contributed by atoms with Crippen LogP contribution in [0.5, 0.6) is 5.75 Å². The monoisotopic (exact) mass is 308 g/mol. The Kier molecular flexibility index (Phi) is 4.85. The molecule has 0 fully saturated rings. The number of nitrogens with zero attached hydrogens (tertiary/aromatic N) is 2. The van der Waals surface area contributed by atoms with Crippen molar-refractivity contribution in [2.24, 2.45) is 0 Å². The summed E-state index contributed by atoms with van der Waals surface area (Å²) in [6.45, 7) is 2.58. The third kappa shape index (κ3) is 3.19. The highest BCUT2D eigenvalue weighted by Gasteiger charge is 2.08. The first-order valence-electron chi connectivity index (χ1n) is 6.74. The maximum atomic E-state index is 12.2. The minimum atomic E-state index is -0.588. The number of rotatable bonds is 5. The van der Waals surface area contributed by atoms with Crippen molar-refractivity contribution in [1.29, 1.82) is 0 Å². The molecule has 0 saturated heterocycles. The van der Waals surface area contributed by atoms with Crippen molar-refractivity contribution in [3.8, 4) is 11.4 Å². The fourth-order valence-corrected chi connectivity index (χ4v) is 2.27. The molecule has 0 aliphatic heterocycles. The van der Waals surface area contributed by atoms with Gasteiger partial charge >= 0.3 is 11.1 Å². The summed E-state index contributed by atoms with van der Waals surface area (Å²) in [5.74, 6) is 0.518. The summed E-state index contributed by atoms with van der Waals surface area (Å²) in [4.78, 5) is 24.2. The Hall–Kier alpha value is -2.01. The molecule has 6 heteroatoms. The molecule has 2 rings (SSSR count). The molecule has 1 aromatic heterocycles. The molecule has 0 unspecified atom stereocenters. The van der Waals surface area contributed by atoms with E-state index in [0.717, 1.165) is 12.8 Å². The molecule has 0 amide bonds. The smallest absolute Gasteiger partial charge is 0.320 e. The molecule has 0 aliphatic rings. The van der Waals surface area contributed by atoms with Crippen LogP contribution in [0.3, 0.4) is 0 Å². The van der Waals surface area contributed by atoms with Crippen LogP contribution in [0.1, 0.15) is 19.8 Å². The van der Waals surface area contributed by atoms with Crippen LogP contribution < -0.4 is 15.9 Å². The van der Waals surface area contributed by atoms with Gasteiger partial charge in [-0.1, -0.05) is 24.9 Å². The fourth-order valence-electron chi connectivity index (χ4n) is 2.02. The van der Waals surface area contributed by atoms with Gasteiger partial charge < -0.3 is 9.30 Å². The number of hydrogen-bond donors (Lipinski definition) is 0. The van der Waals surface area contributed by atoms with E-state index >= 15 is 0 Å². The van der Waals surface area contributed by atoms with Crippen molar-refractivity contribution in [3.05, 3.63) is 56.3 Å². The van der Waals surface area contributed by atoms with E-state index in [1.54, 1.807) is 30.6 Å². The second kappa shape index (κ2) is 6.63. The SMILES string of the molecule is CCCCn1ccn(-c2ccc(OC)c(Cl)c2)c(=O)c1=O. The Morgan fingerprint density at radius 1 is 1.19 bits per heavy atom. The van der Waals surface area contributed by atoms with E-state index in [2.05, 4.69) is 0 Å². The lowest BCUT2D eigenvalue weighted by molar-refractivity contribution is 0.415. The summed E-state index contributed by atoms with van der Waals surface area (Å²) in [5, 5.41) is 0.386. The number of aromatic nitrogens is 2. The van der Waals surface area contributed by atoms with Gasteiger partial charge in [0.05, 0.1) is 17.8 Å². The highest BCUT2D eigenvalue weighted by Crippen LogP contribution is 2.25. The molecule has 0 spiro atoms. The Morgan fingerprint density at radius 3 is 2.57 bits per heavy atom. The Labute approximate surface area is 127 Å². The Bertz CT molecular complexity index is 749. The molecule has 0 N–H and O–H groups in total. The number of aryl methyl sites for hydroxylation is 1. The van der Waals surface area contributed by atoms with Crippen LogP contribution in [0.2, 0.25) is 5.02 Å². The molecule has 21 heavy (non-hydrogen) atoms. The topological polar surface area (TPSA) is 53.2 Å². The average Bonchev–Trinajstić information content (AvgIpc) is 2.49. The number of methoxy groups -OCH3 is 1. The van der Waals surface area contributed by atoms with Crippen LogP contribution in [-0.4, -0.2) is 16.2 Å². The predicted octanol–water partition coefficient (Wildman–Crippen LogP) is 2.46. The zero-order valence-corrected chi connectivity index (χ0v) is 12.8. The van der Waals surface area contributed by atoms with E-state index in [1.807, 2.05) is 6.92 Å². The van der Waals surface area contributed by atoms with Crippen LogP contribution in [0.15, 0.2) is 40.2 Å². The van der Waals surface area contributed by atoms with Crippen molar-refractivity contribution in [1.82, 2.24) is 9.13 Å². The van der Waals surface area contributed by atoms with Crippen LogP contribution >= 0.6 is 11.6 Å². The zero-order valence-electron chi connectivity index (χ0n) is 12.0. The van der Waals surface area contributed by atoms with Gasteiger partial charge in [0.1, 0.15) is 5.75 Å². The fraction of sp³-hybridized carbons (Fsp3) is 0.333. The predicted molar refractivity (Wildman–Crippen MR) is 82.8 cm³/mol. The van der Waals surface area contributed by atoms with Gasteiger partial charge in [0, 0.05) is 18.9 Å². The first kappa shape index (κ1) is 15.4. The van der Waals surface area contributed by atoms with Crippen molar-refractivity contribution in [2.45, 2.75) is 26.3 Å². The number of ether oxygens (including phenoxy) is 1. The van der Waals surface area contributed by atoms with E-state index in [0.29, 0.717) is 23.0 Å². The van der Waals surface area contributed by atoms with Gasteiger partial charge in [-0.05, 0) is 24.6 Å². The second-order valence-electron chi connectivity index (χ2n) is 4.64. The Morgan fingerprint density at radius 2 is 1.95 bits per heavy atom. The maximum Gasteiger partial charge on any atom is 0.320 e. The lowest BCUT2D eigenvalue weighted by Gasteiger charge is -2.10. The van der Waals surface area contributed by atoms with E-state index in [9.17, 15) is 9.59 Å². The van der Waals surface area contributed by atoms with Crippen molar-refractivity contribution >= 4 is 11.6 Å². The molecular weight excluding hydrogens is 292 g/mol. The summed E-state index contributed by atoms with van der Waals surface area (Å²) in [5.41, 5.74) is -0.585. The highest BCUT2D eigenvalue weighted by atomic mass is 35.5. The van der Waals surface area contributed by atoms with Crippen LogP contribution in [-0.2, 0) is 6.54 Å². The van der Waals surface area contributed by atoms with Gasteiger partial charge in [0.2, 0.25) is 0 Å². The standard InChI is InChI=1S/C15H17ClN2O3/c1-3-4-7-17-8-9-18(15(20)14(17)19)11-5-6-13(21-2)12(16)10-11/h5-6,8-10H,3-4,7H2,1-2H3. The van der Waals surface area contributed by atoms with E-state index < -0.39 is 11.1 Å². The normalized spacial score (nSPS) is 10.6. The van der Waals surface area contributed by atoms with Gasteiger partial charge in [-0.3, -0.25) is 14.2 Å². The van der Waals surface area contributed by atoms with E-state index in [4.69, 9.17) is 16.3 Å². The van der Waals surface area contributed by atoms with Crippen LogP contribution in [0.4, 0.5) is 0 Å². The molecule has 112 valence electrons. The lowest BCUT2D eigenvalue weighted by atomic mass is 10.3. The molecule has 5 nitrogen and oxygen atoms in total. The third-order valence-electron chi connectivity index (χ3n) is 3.22. The van der Waals surface area contributed by atoms with Gasteiger partial charge in [0.25, 0.3) is 0 Å². The van der Waals surface area contributed by atoms with Crippen molar-refractivity contribution in [3.63, 3.8) is 0 Å². The number of unbranched alkanes of at least 4 members (excludes halogenated alkanes) is 1. The number of benzene rings is 1. The molecule has 0 saturated carbocycles. The quantitative estimate of drug-likeness (QED) is 0.797. The third-order valence-corrected chi connectivity index (χ3v) is 3.52. The van der Waals surface area contributed by atoms with E-state index in [-0.39, 0.29) is 0 Å². The van der Waals surface area contributed by atoms with Crippen molar-refractivity contribution in [2.75, 3.05) is 7.11 Å². The lowest BCUT2D eigenvalue weighted by Crippen LogP contribution is -2.39. The van der Waals surface area contributed by atoms with Crippen molar-refractivity contribution < 1.29 is 4.74 Å². The molecule has 0 aliphatic carbocycles. The summed E-state index contributed by atoms with van der Waals surface area (Å²) in [6, 6.07) is 4.94. The van der Waals surface area contributed by atoms with Gasteiger partial charge in [-0.2, -0.15) is 0 Å². The van der Waals surface area contributed by atoms with Gasteiger partial charge in [0.15, 0.2) is 0 Å². The highest BCUT2D eigenvalue weighted by molar-refractivity contribution is 6.32. The summed E-state index contributed by atoms with van der Waals surface area (Å²) in [6.07, 6.45) is 5.02. The molecule has 1 aromatic carbocycles. The van der Waals surface area contributed by atoms with Gasteiger partial charge in [-0.15, -0.1) is 0 Å². The number of hydrogen-bond acceptors (Lipinski definition) is 3. The Balaban J connectivity index is 2.46. The first-order chi connectivity index (χ1) is 10.1. The first-order valence-corrected chi connectivity index (χ1v) is 7.12. The molecule has 0 atom stereocenters. The minimum absolute atomic E-state index is 0.386. The van der Waals surface area contributed by atoms with Crippen LogP contribution in [0, 0.1) is 0 Å². The number of halogens is 1. The zero-order chi connectivity index (χ0) is 15.4. The summed E-state index contributed by atoms with van der Waals surface area (Å²) in [7, 11) is 1.52. The van der Waals surface area contributed by atoms with Crippen LogP contribution in [0.25, 0.3) is 5.69 Å². The summed E-state index contributed by atoms with van der Waals surface area (Å²) < 4.78 is 7.79. The summed E-state index contributed by atoms with van der Waals surface area (Å²) >= 11 is 6.05. The molecule has 0 bridgehead atoms. The average molecular weight is 309 g/mol. The molecule has 1 heterocycles. The second-order valence-corrected chi connectivity index (χ2v) is 5.05.